The number of alkyl carbamates (subject to hydrolysis) is 1. The Hall–Kier alpha value is -1.98. The van der Waals surface area contributed by atoms with E-state index in [0.717, 1.165) is 31.7 Å². The lowest BCUT2D eigenvalue weighted by Crippen LogP contribution is -2.49. The second-order valence-electron chi connectivity index (χ2n) is 6.38. The molecule has 116 valence electrons. The summed E-state index contributed by atoms with van der Waals surface area (Å²) in [7, 11) is 0. The molecule has 1 atom stereocenters. The average molecular weight is 292 g/mol. The Morgan fingerprint density at radius 3 is 2.95 bits per heavy atom. The van der Waals surface area contributed by atoms with Crippen LogP contribution in [-0.4, -0.2) is 35.8 Å². The Morgan fingerprint density at radius 2 is 2.29 bits per heavy atom. The molecule has 3 N–H and O–H groups in total. The standard InChI is InChI=1S/C15H24N4O2/c1-15(2,3)21-14(20)18-12-5-4-8-19(10-12)13-9-11(16)6-7-17-13/h6-7,9,12H,4-5,8,10H2,1-3H3,(H2,16,17)(H,18,20)/t12-/m0/s1. The average Bonchev–Trinajstić information content (AvgIpc) is 2.36. The molecule has 0 radical (unpaired) electrons. The van der Waals surface area contributed by atoms with Crippen LogP contribution in [-0.2, 0) is 4.74 Å². The second kappa shape index (κ2) is 6.20. The van der Waals surface area contributed by atoms with E-state index in [9.17, 15) is 4.79 Å². The van der Waals surface area contributed by atoms with E-state index in [4.69, 9.17) is 10.5 Å². The molecule has 0 saturated carbocycles. The molecule has 6 heteroatoms. The highest BCUT2D eigenvalue weighted by Crippen LogP contribution is 2.19. The van der Waals surface area contributed by atoms with Gasteiger partial charge < -0.3 is 20.7 Å². The first kappa shape index (κ1) is 15.4. The number of nitrogens with two attached hydrogens (primary N) is 1. The summed E-state index contributed by atoms with van der Waals surface area (Å²) >= 11 is 0. The van der Waals surface area contributed by atoms with E-state index >= 15 is 0 Å². The zero-order chi connectivity index (χ0) is 15.5. The van der Waals surface area contributed by atoms with Gasteiger partial charge in [-0.05, 0) is 39.7 Å². The molecular weight excluding hydrogens is 268 g/mol. The van der Waals surface area contributed by atoms with Crippen molar-refractivity contribution in [3.63, 3.8) is 0 Å². The number of ether oxygens (including phenoxy) is 1. The zero-order valence-electron chi connectivity index (χ0n) is 12.9. The number of nitrogen functional groups attached to an aromatic ring is 1. The van der Waals surface area contributed by atoms with E-state index in [-0.39, 0.29) is 12.1 Å². The van der Waals surface area contributed by atoms with Gasteiger partial charge in [0.05, 0.1) is 0 Å². The van der Waals surface area contributed by atoms with Crippen LogP contribution in [0.25, 0.3) is 0 Å². The van der Waals surface area contributed by atoms with E-state index in [1.807, 2.05) is 26.8 Å². The van der Waals surface area contributed by atoms with E-state index < -0.39 is 5.60 Å². The fraction of sp³-hybridized carbons (Fsp3) is 0.600. The quantitative estimate of drug-likeness (QED) is 0.873. The summed E-state index contributed by atoms with van der Waals surface area (Å²) in [5.41, 5.74) is 6.01. The topological polar surface area (TPSA) is 80.5 Å². The first-order valence-electron chi connectivity index (χ1n) is 7.29. The number of nitrogens with zero attached hydrogens (tertiary/aromatic N) is 2. The third-order valence-electron chi connectivity index (χ3n) is 3.24. The maximum Gasteiger partial charge on any atom is 0.407 e. The minimum Gasteiger partial charge on any atom is -0.444 e. The van der Waals surface area contributed by atoms with Crippen LogP contribution in [0.3, 0.4) is 0 Å². The summed E-state index contributed by atoms with van der Waals surface area (Å²) in [5, 5.41) is 2.93. The summed E-state index contributed by atoms with van der Waals surface area (Å²) in [6, 6.07) is 3.69. The minimum atomic E-state index is -0.478. The summed E-state index contributed by atoms with van der Waals surface area (Å²) in [5.74, 6) is 0.852. The highest BCUT2D eigenvalue weighted by atomic mass is 16.6. The molecule has 1 aromatic rings. The lowest BCUT2D eigenvalue weighted by Gasteiger charge is -2.34. The monoisotopic (exact) mass is 292 g/mol. The van der Waals surface area contributed by atoms with Crippen LogP contribution >= 0.6 is 0 Å². The van der Waals surface area contributed by atoms with Crippen LogP contribution in [0.4, 0.5) is 16.3 Å². The van der Waals surface area contributed by atoms with Crippen molar-refractivity contribution in [2.75, 3.05) is 23.7 Å². The van der Waals surface area contributed by atoms with Crippen molar-refractivity contribution in [2.45, 2.75) is 45.3 Å². The Morgan fingerprint density at radius 1 is 1.52 bits per heavy atom. The Bertz CT molecular complexity index is 499. The summed E-state index contributed by atoms with van der Waals surface area (Å²) in [6.45, 7) is 7.21. The number of carbonyl (C=O) groups is 1. The molecule has 0 bridgehead atoms. The minimum absolute atomic E-state index is 0.0665. The highest BCUT2D eigenvalue weighted by molar-refractivity contribution is 5.68. The molecule has 1 fully saturated rings. The van der Waals surface area contributed by atoms with Crippen LogP contribution in [0, 0.1) is 0 Å². The number of anilines is 2. The number of carbonyl (C=O) groups excluding carboxylic acids is 1. The normalized spacial score (nSPS) is 19.2. The molecule has 6 nitrogen and oxygen atoms in total. The SMILES string of the molecule is CC(C)(C)OC(=O)N[C@H]1CCCN(c2cc(N)ccn2)C1. The predicted molar refractivity (Wildman–Crippen MR) is 83.3 cm³/mol. The predicted octanol–water partition coefficient (Wildman–Crippen LogP) is 2.16. The fourth-order valence-electron chi connectivity index (χ4n) is 2.38. The van der Waals surface area contributed by atoms with Crippen molar-refractivity contribution in [3.05, 3.63) is 18.3 Å². The van der Waals surface area contributed by atoms with Gasteiger partial charge in [-0.3, -0.25) is 0 Å². The smallest absolute Gasteiger partial charge is 0.407 e. The zero-order valence-corrected chi connectivity index (χ0v) is 12.9. The number of nitrogens with one attached hydrogen (secondary N) is 1. The van der Waals surface area contributed by atoms with E-state index in [0.29, 0.717) is 5.69 Å². The highest BCUT2D eigenvalue weighted by Gasteiger charge is 2.24. The van der Waals surface area contributed by atoms with Crippen LogP contribution in [0.1, 0.15) is 33.6 Å². The lowest BCUT2D eigenvalue weighted by molar-refractivity contribution is 0.0500. The first-order valence-corrected chi connectivity index (χ1v) is 7.29. The van der Waals surface area contributed by atoms with Crippen molar-refractivity contribution in [1.82, 2.24) is 10.3 Å². The molecule has 0 aliphatic carbocycles. The maximum absolute atomic E-state index is 11.8. The third-order valence-corrected chi connectivity index (χ3v) is 3.24. The molecule has 0 aromatic carbocycles. The van der Waals surface area contributed by atoms with Crippen molar-refractivity contribution in [2.24, 2.45) is 0 Å². The van der Waals surface area contributed by atoms with Crippen LogP contribution < -0.4 is 16.0 Å². The number of hydrogen-bond acceptors (Lipinski definition) is 5. The molecule has 1 aromatic heterocycles. The molecule has 2 heterocycles. The number of amides is 1. The number of aromatic nitrogens is 1. The molecule has 2 rings (SSSR count). The summed E-state index contributed by atoms with van der Waals surface area (Å²) in [4.78, 5) is 18.3. The first-order chi connectivity index (χ1) is 9.83. The molecule has 1 amide bonds. The number of hydrogen-bond donors (Lipinski definition) is 2. The molecule has 0 spiro atoms. The molecule has 21 heavy (non-hydrogen) atoms. The lowest BCUT2D eigenvalue weighted by atomic mass is 10.1. The van der Waals surface area contributed by atoms with Gasteiger partial charge in [0.15, 0.2) is 0 Å². The largest absolute Gasteiger partial charge is 0.444 e. The van der Waals surface area contributed by atoms with Gasteiger partial charge in [-0.15, -0.1) is 0 Å². The van der Waals surface area contributed by atoms with Crippen LogP contribution in [0.15, 0.2) is 18.3 Å². The van der Waals surface area contributed by atoms with Crippen LogP contribution in [0.2, 0.25) is 0 Å². The second-order valence-corrected chi connectivity index (χ2v) is 6.38. The summed E-state index contributed by atoms with van der Waals surface area (Å²) < 4.78 is 5.30. The van der Waals surface area contributed by atoms with E-state index in [1.54, 1.807) is 12.3 Å². The van der Waals surface area contributed by atoms with Crippen molar-refractivity contribution < 1.29 is 9.53 Å². The van der Waals surface area contributed by atoms with Gasteiger partial charge in [-0.2, -0.15) is 0 Å². The van der Waals surface area contributed by atoms with Gasteiger partial charge in [0.1, 0.15) is 11.4 Å². The van der Waals surface area contributed by atoms with E-state index in [1.165, 1.54) is 0 Å². The molecule has 1 saturated heterocycles. The van der Waals surface area contributed by atoms with Gasteiger partial charge in [0, 0.05) is 37.1 Å². The van der Waals surface area contributed by atoms with Crippen molar-refractivity contribution in [1.29, 1.82) is 0 Å². The van der Waals surface area contributed by atoms with Crippen molar-refractivity contribution in [3.8, 4) is 0 Å². The van der Waals surface area contributed by atoms with E-state index in [2.05, 4.69) is 15.2 Å². The van der Waals surface area contributed by atoms with Gasteiger partial charge in [-0.25, -0.2) is 9.78 Å². The molecule has 1 aliphatic heterocycles. The Kier molecular flexibility index (Phi) is 4.55. The molecule has 1 aliphatic rings. The third kappa shape index (κ3) is 4.81. The summed E-state index contributed by atoms with van der Waals surface area (Å²) in [6.07, 6.45) is 3.28. The van der Waals surface area contributed by atoms with Gasteiger partial charge in [0.2, 0.25) is 0 Å². The van der Waals surface area contributed by atoms with Gasteiger partial charge >= 0.3 is 6.09 Å². The number of pyridine rings is 1. The van der Waals surface area contributed by atoms with Gasteiger partial charge in [0.25, 0.3) is 0 Å². The van der Waals surface area contributed by atoms with Crippen molar-refractivity contribution >= 4 is 17.6 Å². The van der Waals surface area contributed by atoms with Crippen LogP contribution in [0.5, 0.6) is 0 Å². The maximum atomic E-state index is 11.8. The number of rotatable bonds is 2. The molecule has 0 unspecified atom stereocenters. The number of piperidine rings is 1. The fourth-order valence-corrected chi connectivity index (χ4v) is 2.38. The molecular formula is C15H24N4O2. The Labute approximate surface area is 125 Å². The van der Waals surface area contributed by atoms with Gasteiger partial charge in [-0.1, -0.05) is 0 Å². The Balaban J connectivity index is 1.93.